The molecule has 1 unspecified atom stereocenters. The van der Waals surface area contributed by atoms with Gasteiger partial charge < -0.3 is 39.9 Å². The van der Waals surface area contributed by atoms with Gasteiger partial charge in [0.2, 0.25) is 23.0 Å². The van der Waals surface area contributed by atoms with Gasteiger partial charge in [-0.3, -0.25) is 14.4 Å². The van der Waals surface area contributed by atoms with Gasteiger partial charge in [0.15, 0.2) is 11.5 Å². The predicted octanol–water partition coefficient (Wildman–Crippen LogP) is 5.68. The molecule has 0 fully saturated rings. The van der Waals surface area contributed by atoms with Crippen molar-refractivity contribution in [2.24, 2.45) is 0 Å². The number of carbonyl (C=O) groups is 2. The van der Waals surface area contributed by atoms with Crippen LogP contribution in [-0.4, -0.2) is 58.3 Å². The fourth-order valence-electron chi connectivity index (χ4n) is 6.58. The first-order valence-electron chi connectivity index (χ1n) is 16.7. The maximum Gasteiger partial charge on any atom is 0.220 e. The molecule has 11 heteroatoms. The minimum absolute atomic E-state index is 0.0301. The summed E-state index contributed by atoms with van der Waals surface area (Å²) in [6.45, 7) is 2.62. The minimum Gasteiger partial charge on any atom is -0.497 e. The lowest BCUT2D eigenvalue weighted by atomic mass is 9.95. The summed E-state index contributed by atoms with van der Waals surface area (Å²) in [4.78, 5) is 41.5. The normalized spacial score (nSPS) is 13.4. The van der Waals surface area contributed by atoms with Crippen LogP contribution in [-0.2, 0) is 22.4 Å². The Morgan fingerprint density at radius 1 is 0.898 bits per heavy atom. The number of amides is 2. The first-order valence-corrected chi connectivity index (χ1v) is 16.7. The van der Waals surface area contributed by atoms with Crippen LogP contribution in [0, 0.1) is 0 Å². The monoisotopic (exact) mass is 670 g/mol. The van der Waals surface area contributed by atoms with Crippen LogP contribution in [0.1, 0.15) is 61.8 Å². The molecule has 0 aliphatic heterocycles. The second-order valence-corrected chi connectivity index (χ2v) is 12.2. The number of hydrogen-bond acceptors (Lipinski definition) is 8. The lowest BCUT2D eigenvalue weighted by Gasteiger charge is -2.19. The number of fused-ring (bicyclic) bond motifs is 4. The van der Waals surface area contributed by atoms with Crippen LogP contribution in [0.15, 0.2) is 53.5 Å². The predicted molar refractivity (Wildman–Crippen MR) is 191 cm³/mol. The molecule has 11 nitrogen and oxygen atoms in total. The molecule has 1 aromatic heterocycles. The van der Waals surface area contributed by atoms with Gasteiger partial charge >= 0.3 is 0 Å². The Labute approximate surface area is 286 Å². The van der Waals surface area contributed by atoms with E-state index in [1.807, 2.05) is 36.5 Å². The molecule has 0 saturated heterocycles. The van der Waals surface area contributed by atoms with Crippen molar-refractivity contribution in [2.45, 2.75) is 57.9 Å². The van der Waals surface area contributed by atoms with Crippen molar-refractivity contribution < 1.29 is 28.5 Å². The molecule has 260 valence electrons. The van der Waals surface area contributed by atoms with Crippen molar-refractivity contribution in [3.63, 3.8) is 0 Å². The second-order valence-electron chi connectivity index (χ2n) is 12.2. The molecular formula is C38H46N4O7. The van der Waals surface area contributed by atoms with E-state index in [4.69, 9.17) is 18.9 Å². The molecule has 0 bridgehead atoms. The molecule has 1 heterocycles. The molecule has 0 radical (unpaired) electrons. The highest BCUT2D eigenvalue weighted by Crippen LogP contribution is 2.50. The number of aromatic nitrogens is 1. The van der Waals surface area contributed by atoms with Crippen molar-refractivity contribution in [1.82, 2.24) is 15.6 Å². The topological polar surface area (TPSA) is 140 Å². The zero-order valence-electron chi connectivity index (χ0n) is 28.9. The zero-order valence-corrected chi connectivity index (χ0v) is 28.9. The average molecular weight is 671 g/mol. The summed E-state index contributed by atoms with van der Waals surface area (Å²) in [5.74, 6) is 2.18. The summed E-state index contributed by atoms with van der Waals surface area (Å²) in [6, 6.07) is 12.8. The second kappa shape index (κ2) is 16.3. The molecule has 1 atom stereocenters. The van der Waals surface area contributed by atoms with Gasteiger partial charge in [0.1, 0.15) is 5.75 Å². The molecular weight excluding hydrogens is 624 g/mol. The maximum absolute atomic E-state index is 13.5. The van der Waals surface area contributed by atoms with E-state index >= 15 is 0 Å². The highest BCUT2D eigenvalue weighted by atomic mass is 16.5. The molecule has 4 N–H and O–H groups in total. The number of anilines is 1. The first kappa shape index (κ1) is 35.1. The molecule has 3 aromatic carbocycles. The fourth-order valence-corrected chi connectivity index (χ4v) is 6.58. The summed E-state index contributed by atoms with van der Waals surface area (Å²) in [6.07, 6.45) is 6.76. The van der Waals surface area contributed by atoms with Crippen molar-refractivity contribution >= 4 is 28.4 Å². The fraction of sp³-hybridized carbons (Fsp3) is 0.395. The van der Waals surface area contributed by atoms with E-state index in [9.17, 15) is 14.4 Å². The number of ether oxygens (including phenoxy) is 4. The number of rotatable bonds is 15. The quantitative estimate of drug-likeness (QED) is 0.118. The molecule has 2 amide bonds. The van der Waals surface area contributed by atoms with Gasteiger partial charge in [-0.1, -0.05) is 12.5 Å². The van der Waals surface area contributed by atoms with E-state index < -0.39 is 0 Å². The van der Waals surface area contributed by atoms with Crippen LogP contribution in [0.3, 0.4) is 0 Å². The maximum atomic E-state index is 13.5. The van der Waals surface area contributed by atoms with E-state index in [1.165, 1.54) is 6.92 Å². The highest BCUT2D eigenvalue weighted by molar-refractivity contribution is 5.85. The van der Waals surface area contributed by atoms with Gasteiger partial charge in [-0.15, -0.1) is 0 Å². The number of nitrogens with one attached hydrogen (secondary N) is 4. The molecule has 0 spiro atoms. The summed E-state index contributed by atoms with van der Waals surface area (Å²) in [5, 5.41) is 10.5. The summed E-state index contributed by atoms with van der Waals surface area (Å²) in [7, 11) is 6.37. The van der Waals surface area contributed by atoms with Crippen LogP contribution < -0.4 is 40.3 Å². The number of hydrogen-bond donors (Lipinski definition) is 4. The number of carbonyl (C=O) groups excluding carboxylic acids is 2. The Morgan fingerprint density at radius 2 is 1.71 bits per heavy atom. The third-order valence-electron chi connectivity index (χ3n) is 9.00. The van der Waals surface area contributed by atoms with E-state index in [2.05, 4.69) is 20.9 Å². The Bertz CT molecular complexity index is 1870. The van der Waals surface area contributed by atoms with E-state index in [1.54, 1.807) is 40.6 Å². The molecule has 1 aliphatic rings. The van der Waals surface area contributed by atoms with Gasteiger partial charge in [-0.05, 0) is 90.8 Å². The van der Waals surface area contributed by atoms with Crippen LogP contribution in [0.4, 0.5) is 5.69 Å². The van der Waals surface area contributed by atoms with Crippen LogP contribution in [0.25, 0.3) is 22.0 Å². The van der Waals surface area contributed by atoms with Crippen molar-refractivity contribution in [1.29, 1.82) is 0 Å². The Hall–Kier alpha value is -5.19. The van der Waals surface area contributed by atoms with Gasteiger partial charge in [0.25, 0.3) is 0 Å². The van der Waals surface area contributed by atoms with Crippen LogP contribution in [0.2, 0.25) is 0 Å². The number of aromatic amines is 1. The largest absolute Gasteiger partial charge is 0.497 e. The Morgan fingerprint density at radius 3 is 2.45 bits per heavy atom. The summed E-state index contributed by atoms with van der Waals surface area (Å²) < 4.78 is 22.5. The lowest BCUT2D eigenvalue weighted by molar-refractivity contribution is -0.121. The van der Waals surface area contributed by atoms with Gasteiger partial charge in [-0.25, -0.2) is 0 Å². The van der Waals surface area contributed by atoms with E-state index in [0.717, 1.165) is 64.6 Å². The smallest absolute Gasteiger partial charge is 0.220 e. The summed E-state index contributed by atoms with van der Waals surface area (Å²) >= 11 is 0. The van der Waals surface area contributed by atoms with Crippen molar-refractivity contribution in [2.75, 3.05) is 46.8 Å². The molecule has 5 rings (SSSR count). The number of aryl methyl sites for hydroxylation is 1. The highest BCUT2D eigenvalue weighted by Gasteiger charge is 2.29. The van der Waals surface area contributed by atoms with E-state index in [0.29, 0.717) is 60.9 Å². The molecule has 1 aliphatic carbocycles. The number of H-pyrrole nitrogens is 1. The van der Waals surface area contributed by atoms with Crippen LogP contribution in [0.5, 0.6) is 23.0 Å². The first-order chi connectivity index (χ1) is 23.8. The van der Waals surface area contributed by atoms with Gasteiger partial charge in [0.05, 0.1) is 40.2 Å². The Kier molecular flexibility index (Phi) is 11.7. The lowest BCUT2D eigenvalue weighted by Crippen LogP contribution is -2.26. The van der Waals surface area contributed by atoms with Gasteiger partial charge in [0, 0.05) is 49.1 Å². The zero-order chi connectivity index (χ0) is 34.9. The molecule has 0 saturated carbocycles. The third kappa shape index (κ3) is 8.10. The average Bonchev–Trinajstić information content (AvgIpc) is 3.35. The Balaban J connectivity index is 1.19. The minimum atomic E-state index is -0.369. The summed E-state index contributed by atoms with van der Waals surface area (Å²) in [5.41, 5.74) is 5.75. The number of unbranched alkanes of at least 4 members (excludes halogenated alkanes) is 2. The van der Waals surface area contributed by atoms with Crippen molar-refractivity contribution in [3.05, 3.63) is 75.6 Å². The third-order valence-corrected chi connectivity index (χ3v) is 9.00. The SMILES string of the molecule is COc1ccc2[nH]cc(CCNC(=O)CCCCCNc3ccc4c(cc3=O)C(NC(C)=O)CCc3cc(OC)c(OC)c(OC)c3-4)c2c1. The van der Waals surface area contributed by atoms with E-state index in [-0.39, 0.29) is 23.3 Å². The van der Waals surface area contributed by atoms with Crippen LogP contribution >= 0.6 is 0 Å². The number of methoxy groups -OCH3 is 4. The standard InChI is InChI=1S/C38H46N4O7/c1-23(43)42-31-13-10-24-19-34(47-3)37(48-4)38(49-5)36(24)27-12-15-32(33(44)21-29(27)31)39-17-8-6-7-9-35(45)40-18-16-25-22-41-30-14-11-26(46-2)20-28(25)30/h11-12,14-15,19-22,31,41H,6-10,13,16-18H2,1-5H3,(H,39,44)(H,40,45)(H,42,43). The van der Waals surface area contributed by atoms with Gasteiger partial charge in [-0.2, -0.15) is 0 Å². The molecule has 49 heavy (non-hydrogen) atoms. The van der Waals surface area contributed by atoms with Crippen molar-refractivity contribution in [3.8, 4) is 34.1 Å². The molecule has 4 aromatic rings. The number of benzene rings is 2.